The molecule has 1 heterocycles. The van der Waals surface area contributed by atoms with Crippen molar-refractivity contribution >= 4 is 11.6 Å². The van der Waals surface area contributed by atoms with Gasteiger partial charge in [0.15, 0.2) is 0 Å². The summed E-state index contributed by atoms with van der Waals surface area (Å²) in [6, 6.07) is 5.82. The molecule has 1 aromatic carbocycles. The highest BCUT2D eigenvalue weighted by Gasteiger charge is 2.38. The normalized spacial score (nSPS) is 26.3. The Kier molecular flexibility index (Phi) is 3.19. The second-order valence-electron chi connectivity index (χ2n) is 5.48. The molecule has 1 aliphatic heterocycles. The number of hydrogen-bond donors (Lipinski definition) is 1. The number of hydrogen-bond acceptors (Lipinski definition) is 3. The fourth-order valence-electron chi connectivity index (χ4n) is 3.12. The molecule has 4 heteroatoms. The van der Waals surface area contributed by atoms with E-state index in [9.17, 15) is 4.79 Å². The van der Waals surface area contributed by atoms with Crippen LogP contribution in [0, 0.1) is 6.92 Å². The lowest BCUT2D eigenvalue weighted by molar-refractivity contribution is -0.0445. The first-order chi connectivity index (χ1) is 9.16. The van der Waals surface area contributed by atoms with Crippen molar-refractivity contribution in [1.29, 1.82) is 0 Å². The van der Waals surface area contributed by atoms with Gasteiger partial charge in [0.05, 0.1) is 18.8 Å². The molecule has 2 atom stereocenters. The topological polar surface area (TPSA) is 55.6 Å². The molecular formula is C15H20N2O2. The molecule has 0 spiro atoms. The summed E-state index contributed by atoms with van der Waals surface area (Å²) in [6.45, 7) is 3.29. The van der Waals surface area contributed by atoms with Gasteiger partial charge in [-0.05, 0) is 43.9 Å². The van der Waals surface area contributed by atoms with Gasteiger partial charge in [-0.3, -0.25) is 4.79 Å². The second-order valence-corrected chi connectivity index (χ2v) is 5.48. The largest absolute Gasteiger partial charge is 0.398 e. The first kappa shape index (κ1) is 12.5. The first-order valence-corrected chi connectivity index (χ1v) is 6.95. The zero-order chi connectivity index (χ0) is 13.4. The SMILES string of the molecule is Cc1ccc(C(=O)N2CCOC3CCCC32)cc1N. The first-order valence-electron chi connectivity index (χ1n) is 6.95. The summed E-state index contributed by atoms with van der Waals surface area (Å²) < 4.78 is 5.74. The molecule has 2 unspecified atom stereocenters. The molecule has 0 aromatic heterocycles. The van der Waals surface area contributed by atoms with Crippen molar-refractivity contribution in [3.63, 3.8) is 0 Å². The van der Waals surface area contributed by atoms with Crippen molar-refractivity contribution < 1.29 is 9.53 Å². The van der Waals surface area contributed by atoms with Gasteiger partial charge >= 0.3 is 0 Å². The van der Waals surface area contributed by atoms with Gasteiger partial charge in [0.1, 0.15) is 0 Å². The van der Waals surface area contributed by atoms with Gasteiger partial charge in [-0.1, -0.05) is 6.07 Å². The molecule has 0 bridgehead atoms. The quantitative estimate of drug-likeness (QED) is 0.785. The number of carbonyl (C=O) groups excluding carboxylic acids is 1. The van der Waals surface area contributed by atoms with Gasteiger partial charge in [-0.15, -0.1) is 0 Å². The maximum absolute atomic E-state index is 12.6. The molecule has 4 nitrogen and oxygen atoms in total. The van der Waals surface area contributed by atoms with Crippen LogP contribution in [-0.2, 0) is 4.74 Å². The average molecular weight is 260 g/mol. The average Bonchev–Trinajstić information content (AvgIpc) is 2.89. The predicted molar refractivity (Wildman–Crippen MR) is 74.0 cm³/mol. The number of morpholine rings is 1. The van der Waals surface area contributed by atoms with Gasteiger partial charge < -0.3 is 15.4 Å². The maximum Gasteiger partial charge on any atom is 0.254 e. The number of aryl methyl sites for hydroxylation is 1. The van der Waals surface area contributed by atoms with E-state index in [1.165, 1.54) is 0 Å². The highest BCUT2D eigenvalue weighted by atomic mass is 16.5. The van der Waals surface area contributed by atoms with E-state index >= 15 is 0 Å². The van der Waals surface area contributed by atoms with Crippen molar-refractivity contribution in [2.75, 3.05) is 18.9 Å². The van der Waals surface area contributed by atoms with Gasteiger partial charge in [0.2, 0.25) is 0 Å². The highest BCUT2D eigenvalue weighted by molar-refractivity contribution is 5.95. The van der Waals surface area contributed by atoms with E-state index in [4.69, 9.17) is 10.5 Å². The molecule has 1 amide bonds. The number of nitrogens with zero attached hydrogens (tertiary/aromatic N) is 1. The van der Waals surface area contributed by atoms with E-state index in [-0.39, 0.29) is 18.1 Å². The van der Waals surface area contributed by atoms with Crippen LogP contribution in [-0.4, -0.2) is 36.1 Å². The van der Waals surface area contributed by atoms with Crippen LogP contribution in [0.4, 0.5) is 5.69 Å². The molecule has 19 heavy (non-hydrogen) atoms. The van der Waals surface area contributed by atoms with Crippen LogP contribution in [0.2, 0.25) is 0 Å². The Morgan fingerprint density at radius 1 is 1.42 bits per heavy atom. The minimum absolute atomic E-state index is 0.0897. The second kappa shape index (κ2) is 4.85. The van der Waals surface area contributed by atoms with Gasteiger partial charge in [0, 0.05) is 17.8 Å². The number of amides is 1. The maximum atomic E-state index is 12.6. The molecule has 0 radical (unpaired) electrons. The number of fused-ring (bicyclic) bond motifs is 1. The Hall–Kier alpha value is -1.55. The number of anilines is 1. The Morgan fingerprint density at radius 3 is 3.05 bits per heavy atom. The smallest absolute Gasteiger partial charge is 0.254 e. The van der Waals surface area contributed by atoms with Gasteiger partial charge in [-0.2, -0.15) is 0 Å². The zero-order valence-corrected chi connectivity index (χ0v) is 11.3. The Bertz CT molecular complexity index is 501. The number of ether oxygens (including phenoxy) is 1. The molecule has 3 rings (SSSR count). The summed E-state index contributed by atoms with van der Waals surface area (Å²) in [5.74, 6) is 0.0897. The van der Waals surface area contributed by atoms with E-state index in [2.05, 4.69) is 0 Å². The van der Waals surface area contributed by atoms with Crippen molar-refractivity contribution in [3.8, 4) is 0 Å². The van der Waals surface area contributed by atoms with E-state index in [1.807, 2.05) is 24.0 Å². The van der Waals surface area contributed by atoms with Crippen molar-refractivity contribution in [2.24, 2.45) is 0 Å². The molecular weight excluding hydrogens is 240 g/mol. The van der Waals surface area contributed by atoms with Crippen LogP contribution < -0.4 is 5.73 Å². The summed E-state index contributed by atoms with van der Waals surface area (Å²) in [5, 5.41) is 0. The number of carbonyl (C=O) groups is 1. The molecule has 2 N–H and O–H groups in total. The summed E-state index contributed by atoms with van der Waals surface area (Å²) in [7, 11) is 0. The Balaban J connectivity index is 1.84. The Morgan fingerprint density at radius 2 is 2.26 bits per heavy atom. The predicted octanol–water partition coefficient (Wildman–Crippen LogP) is 1.97. The van der Waals surface area contributed by atoms with E-state index < -0.39 is 0 Å². The molecule has 2 aliphatic rings. The van der Waals surface area contributed by atoms with Crippen molar-refractivity contribution in [2.45, 2.75) is 38.3 Å². The minimum atomic E-state index is 0.0897. The van der Waals surface area contributed by atoms with Gasteiger partial charge in [0.25, 0.3) is 5.91 Å². The Labute approximate surface area is 113 Å². The lowest BCUT2D eigenvalue weighted by Crippen LogP contribution is -2.51. The number of benzene rings is 1. The van der Waals surface area contributed by atoms with Crippen LogP contribution >= 0.6 is 0 Å². The summed E-state index contributed by atoms with van der Waals surface area (Å²) in [4.78, 5) is 14.6. The summed E-state index contributed by atoms with van der Waals surface area (Å²) in [6.07, 6.45) is 3.51. The molecule has 1 saturated carbocycles. The molecule has 1 aliphatic carbocycles. The zero-order valence-electron chi connectivity index (χ0n) is 11.3. The fourth-order valence-corrected chi connectivity index (χ4v) is 3.12. The lowest BCUT2D eigenvalue weighted by Gasteiger charge is -2.37. The van der Waals surface area contributed by atoms with Crippen molar-refractivity contribution in [1.82, 2.24) is 4.90 Å². The third-order valence-electron chi connectivity index (χ3n) is 4.27. The minimum Gasteiger partial charge on any atom is -0.398 e. The van der Waals surface area contributed by atoms with Crippen LogP contribution in [0.25, 0.3) is 0 Å². The van der Waals surface area contributed by atoms with E-state index in [0.717, 1.165) is 24.8 Å². The molecule has 2 fully saturated rings. The highest BCUT2D eigenvalue weighted by Crippen LogP contribution is 2.30. The number of rotatable bonds is 1. The van der Waals surface area contributed by atoms with E-state index in [1.54, 1.807) is 6.07 Å². The molecule has 1 saturated heterocycles. The standard InChI is InChI=1S/C15H20N2O2/c1-10-5-6-11(9-12(10)16)15(18)17-7-8-19-14-4-2-3-13(14)17/h5-6,9,13-14H,2-4,7-8,16H2,1H3. The summed E-state index contributed by atoms with van der Waals surface area (Å²) >= 11 is 0. The van der Waals surface area contributed by atoms with Crippen LogP contribution in [0.1, 0.15) is 35.2 Å². The fraction of sp³-hybridized carbons (Fsp3) is 0.533. The third-order valence-corrected chi connectivity index (χ3v) is 4.27. The molecule has 102 valence electrons. The lowest BCUT2D eigenvalue weighted by atomic mass is 10.1. The number of nitrogens with two attached hydrogens (primary N) is 1. The number of nitrogen functional groups attached to an aromatic ring is 1. The van der Waals surface area contributed by atoms with Crippen LogP contribution in [0.15, 0.2) is 18.2 Å². The van der Waals surface area contributed by atoms with E-state index in [0.29, 0.717) is 24.4 Å². The molecule has 1 aromatic rings. The van der Waals surface area contributed by atoms with Crippen LogP contribution in [0.3, 0.4) is 0 Å². The third kappa shape index (κ3) is 2.21. The van der Waals surface area contributed by atoms with Gasteiger partial charge in [-0.25, -0.2) is 0 Å². The van der Waals surface area contributed by atoms with Crippen molar-refractivity contribution in [3.05, 3.63) is 29.3 Å². The van der Waals surface area contributed by atoms with Crippen LogP contribution in [0.5, 0.6) is 0 Å². The summed E-state index contributed by atoms with van der Waals surface area (Å²) in [5.41, 5.74) is 8.28. The monoisotopic (exact) mass is 260 g/mol.